The summed E-state index contributed by atoms with van der Waals surface area (Å²) >= 11 is 0. The summed E-state index contributed by atoms with van der Waals surface area (Å²) in [4.78, 5) is 25.1. The van der Waals surface area contributed by atoms with Crippen molar-refractivity contribution in [3.05, 3.63) is 84.4 Å². The minimum absolute atomic E-state index is 0.214. The van der Waals surface area contributed by atoms with Gasteiger partial charge in [-0.2, -0.15) is 0 Å². The molecular formula is C24H24N6O2. The zero-order valence-electron chi connectivity index (χ0n) is 17.8. The molecule has 2 heterocycles. The summed E-state index contributed by atoms with van der Waals surface area (Å²) in [6.07, 6.45) is 3.58. The number of carbonyl (C=O) groups excluding carboxylic acids is 2. The molecule has 4 aromatic rings. The SMILES string of the molecule is Cn1cc(N)cc1C(=O)Nc1ccc(-c2cc(C(=O)Nc3ccc(N)cc3)n(C)c2)cc1. The van der Waals surface area contributed by atoms with Gasteiger partial charge < -0.3 is 31.2 Å². The molecule has 6 N–H and O–H groups in total. The second-order valence-electron chi connectivity index (χ2n) is 7.60. The molecule has 0 bridgehead atoms. The zero-order valence-corrected chi connectivity index (χ0v) is 17.8. The largest absolute Gasteiger partial charge is 0.399 e. The van der Waals surface area contributed by atoms with Crippen LogP contribution in [0.5, 0.6) is 0 Å². The Morgan fingerprint density at radius 3 is 1.69 bits per heavy atom. The molecule has 0 saturated carbocycles. The average Bonchev–Trinajstić information content (AvgIpc) is 3.31. The fraction of sp³-hybridized carbons (Fsp3) is 0.0833. The van der Waals surface area contributed by atoms with Gasteiger partial charge in [-0.3, -0.25) is 9.59 Å². The lowest BCUT2D eigenvalue weighted by Crippen LogP contribution is -2.15. The van der Waals surface area contributed by atoms with Crippen LogP contribution in [-0.4, -0.2) is 20.9 Å². The molecule has 0 aliphatic heterocycles. The van der Waals surface area contributed by atoms with E-state index in [1.165, 1.54) is 0 Å². The Morgan fingerprint density at radius 1 is 0.656 bits per heavy atom. The summed E-state index contributed by atoms with van der Waals surface area (Å²) in [5.74, 6) is -0.451. The Balaban J connectivity index is 1.47. The summed E-state index contributed by atoms with van der Waals surface area (Å²) in [6.45, 7) is 0. The topological polar surface area (TPSA) is 120 Å². The number of hydrogen-bond donors (Lipinski definition) is 4. The average molecular weight is 428 g/mol. The summed E-state index contributed by atoms with van der Waals surface area (Å²) in [5.41, 5.74) is 16.8. The van der Waals surface area contributed by atoms with Crippen LogP contribution in [0.1, 0.15) is 21.0 Å². The molecule has 2 aromatic carbocycles. The first-order valence-electron chi connectivity index (χ1n) is 9.97. The quantitative estimate of drug-likeness (QED) is 0.362. The van der Waals surface area contributed by atoms with Gasteiger partial charge in [0, 0.05) is 49.1 Å². The molecule has 0 radical (unpaired) electrons. The van der Waals surface area contributed by atoms with Gasteiger partial charge in [-0.15, -0.1) is 0 Å². The number of amides is 2. The Labute approximate surface area is 185 Å². The molecule has 32 heavy (non-hydrogen) atoms. The number of nitrogen functional groups attached to an aromatic ring is 2. The molecular weight excluding hydrogens is 404 g/mol. The van der Waals surface area contributed by atoms with E-state index in [2.05, 4.69) is 10.6 Å². The number of nitrogens with two attached hydrogens (primary N) is 2. The van der Waals surface area contributed by atoms with Gasteiger partial charge in [0.25, 0.3) is 11.8 Å². The number of rotatable bonds is 5. The lowest BCUT2D eigenvalue weighted by Gasteiger charge is -2.07. The molecule has 0 unspecified atom stereocenters. The maximum atomic E-state index is 12.7. The van der Waals surface area contributed by atoms with Crippen molar-refractivity contribution in [2.24, 2.45) is 14.1 Å². The van der Waals surface area contributed by atoms with Crippen molar-refractivity contribution in [3.63, 3.8) is 0 Å². The molecule has 162 valence electrons. The van der Waals surface area contributed by atoms with Crippen LogP contribution < -0.4 is 22.1 Å². The van der Waals surface area contributed by atoms with Crippen LogP contribution in [0.25, 0.3) is 11.1 Å². The predicted octanol–water partition coefficient (Wildman–Crippen LogP) is 3.70. The molecule has 2 amide bonds. The van der Waals surface area contributed by atoms with Crippen LogP contribution in [0.2, 0.25) is 0 Å². The fourth-order valence-corrected chi connectivity index (χ4v) is 3.47. The van der Waals surface area contributed by atoms with Crippen molar-refractivity contribution in [1.82, 2.24) is 9.13 Å². The monoisotopic (exact) mass is 428 g/mol. The van der Waals surface area contributed by atoms with E-state index >= 15 is 0 Å². The van der Waals surface area contributed by atoms with E-state index in [1.807, 2.05) is 43.6 Å². The van der Waals surface area contributed by atoms with Crippen molar-refractivity contribution in [1.29, 1.82) is 0 Å². The van der Waals surface area contributed by atoms with Crippen LogP contribution in [0.15, 0.2) is 73.1 Å². The predicted molar refractivity (Wildman–Crippen MR) is 127 cm³/mol. The van der Waals surface area contributed by atoms with E-state index in [4.69, 9.17) is 11.5 Å². The first-order valence-corrected chi connectivity index (χ1v) is 9.97. The van der Waals surface area contributed by atoms with Crippen LogP contribution in [0, 0.1) is 0 Å². The van der Waals surface area contributed by atoms with Crippen molar-refractivity contribution < 1.29 is 9.59 Å². The Kier molecular flexibility index (Phi) is 5.43. The minimum atomic E-state index is -0.238. The molecule has 0 aliphatic carbocycles. The lowest BCUT2D eigenvalue weighted by molar-refractivity contribution is 0.101. The van der Waals surface area contributed by atoms with E-state index in [0.29, 0.717) is 34.1 Å². The van der Waals surface area contributed by atoms with Crippen LogP contribution in [-0.2, 0) is 14.1 Å². The van der Waals surface area contributed by atoms with E-state index in [-0.39, 0.29) is 11.8 Å². The first kappa shape index (κ1) is 20.8. The van der Waals surface area contributed by atoms with E-state index in [0.717, 1.165) is 11.1 Å². The summed E-state index contributed by atoms with van der Waals surface area (Å²) in [6, 6.07) is 17.9. The second kappa shape index (κ2) is 8.35. The van der Waals surface area contributed by atoms with E-state index in [1.54, 1.807) is 52.7 Å². The fourth-order valence-electron chi connectivity index (χ4n) is 3.47. The van der Waals surface area contributed by atoms with Crippen LogP contribution in [0.3, 0.4) is 0 Å². The van der Waals surface area contributed by atoms with Crippen LogP contribution >= 0.6 is 0 Å². The number of hydrogen-bond acceptors (Lipinski definition) is 4. The second-order valence-corrected chi connectivity index (χ2v) is 7.60. The Bertz CT molecular complexity index is 1280. The number of aryl methyl sites for hydroxylation is 2. The smallest absolute Gasteiger partial charge is 0.272 e. The third-order valence-corrected chi connectivity index (χ3v) is 5.14. The van der Waals surface area contributed by atoms with Crippen molar-refractivity contribution in [3.8, 4) is 11.1 Å². The minimum Gasteiger partial charge on any atom is -0.399 e. The number of anilines is 4. The standard InChI is InChI=1S/C24H24N6O2/c1-29-13-16(11-21(29)23(31)28-20-9-5-17(25)6-10-20)15-3-7-19(8-4-15)27-24(32)22-12-18(26)14-30(22)2/h3-14H,25-26H2,1-2H3,(H,27,32)(H,28,31). The maximum absolute atomic E-state index is 12.7. The highest BCUT2D eigenvalue weighted by atomic mass is 16.2. The number of nitrogens with one attached hydrogen (secondary N) is 2. The van der Waals surface area contributed by atoms with Crippen molar-refractivity contribution >= 4 is 34.6 Å². The highest BCUT2D eigenvalue weighted by molar-refractivity contribution is 6.05. The van der Waals surface area contributed by atoms with Gasteiger partial charge in [-0.1, -0.05) is 12.1 Å². The summed E-state index contributed by atoms with van der Waals surface area (Å²) in [7, 11) is 3.59. The van der Waals surface area contributed by atoms with Crippen molar-refractivity contribution in [2.75, 3.05) is 22.1 Å². The molecule has 0 aliphatic rings. The number of benzene rings is 2. The van der Waals surface area contributed by atoms with Gasteiger partial charge in [-0.05, 0) is 54.1 Å². The normalized spacial score (nSPS) is 10.7. The molecule has 0 spiro atoms. The lowest BCUT2D eigenvalue weighted by atomic mass is 10.1. The molecule has 8 nitrogen and oxygen atoms in total. The maximum Gasteiger partial charge on any atom is 0.272 e. The van der Waals surface area contributed by atoms with E-state index in [9.17, 15) is 9.59 Å². The molecule has 2 aromatic heterocycles. The van der Waals surface area contributed by atoms with Gasteiger partial charge in [0.05, 0.1) is 5.69 Å². The highest BCUT2D eigenvalue weighted by Gasteiger charge is 2.14. The third kappa shape index (κ3) is 4.34. The number of carbonyl (C=O) groups is 2. The van der Waals surface area contributed by atoms with Gasteiger partial charge in [0.15, 0.2) is 0 Å². The molecule has 0 atom stereocenters. The van der Waals surface area contributed by atoms with Gasteiger partial charge in [0.2, 0.25) is 0 Å². The molecule has 0 saturated heterocycles. The van der Waals surface area contributed by atoms with Gasteiger partial charge in [0.1, 0.15) is 11.4 Å². The molecule has 0 fully saturated rings. The zero-order chi connectivity index (χ0) is 22.8. The third-order valence-electron chi connectivity index (χ3n) is 5.14. The van der Waals surface area contributed by atoms with Crippen LogP contribution in [0.4, 0.5) is 22.7 Å². The Hall–Kier alpha value is -4.46. The molecule has 4 rings (SSSR count). The van der Waals surface area contributed by atoms with E-state index < -0.39 is 0 Å². The number of nitrogens with zero attached hydrogens (tertiary/aromatic N) is 2. The first-order chi connectivity index (χ1) is 15.3. The summed E-state index contributed by atoms with van der Waals surface area (Å²) < 4.78 is 3.46. The molecule has 8 heteroatoms. The highest BCUT2D eigenvalue weighted by Crippen LogP contribution is 2.25. The number of aromatic nitrogens is 2. The van der Waals surface area contributed by atoms with Crippen molar-refractivity contribution in [2.45, 2.75) is 0 Å². The van der Waals surface area contributed by atoms with Gasteiger partial charge in [-0.25, -0.2) is 0 Å². The summed E-state index contributed by atoms with van der Waals surface area (Å²) in [5, 5.41) is 5.73. The Morgan fingerprint density at radius 2 is 1.16 bits per heavy atom. The van der Waals surface area contributed by atoms with Gasteiger partial charge >= 0.3 is 0 Å².